The predicted molar refractivity (Wildman–Crippen MR) is 287 cm³/mol. The second-order valence-electron chi connectivity index (χ2n) is 20.5. The van der Waals surface area contributed by atoms with Crippen molar-refractivity contribution < 1.29 is 47.8 Å². The highest BCUT2D eigenvalue weighted by atomic mass is 16.6. The van der Waals surface area contributed by atoms with Gasteiger partial charge in [0, 0.05) is 71.1 Å². The molecule has 72 heavy (non-hydrogen) atoms. The van der Waals surface area contributed by atoms with Crippen molar-refractivity contribution in [3.63, 3.8) is 0 Å². The molecule has 1 heterocycles. The molecule has 0 aromatic rings. The fourth-order valence-electron chi connectivity index (χ4n) is 8.81. The summed E-state index contributed by atoms with van der Waals surface area (Å²) in [6.07, 6.45) is 32.4. The Morgan fingerprint density at radius 1 is 0.361 bits per heavy atom. The molecule has 1 fully saturated rings. The lowest BCUT2D eigenvalue weighted by Gasteiger charge is -2.34. The third-order valence-corrected chi connectivity index (χ3v) is 13.4. The van der Waals surface area contributed by atoms with Crippen molar-refractivity contribution in [2.75, 3.05) is 59.1 Å². The van der Waals surface area contributed by atoms with E-state index in [1.165, 1.54) is 96.3 Å². The number of nitrogens with one attached hydrogen (secondary N) is 4. The zero-order valence-corrected chi connectivity index (χ0v) is 46.1. The largest absolute Gasteiger partial charge is 0.463 e. The second kappa shape index (κ2) is 47.0. The van der Waals surface area contributed by atoms with E-state index in [4.69, 9.17) is 14.2 Å². The van der Waals surface area contributed by atoms with Crippen LogP contribution >= 0.6 is 0 Å². The van der Waals surface area contributed by atoms with Gasteiger partial charge in [-0.25, -0.2) is 0 Å². The summed E-state index contributed by atoms with van der Waals surface area (Å²) in [6, 6.07) is 0. The number of nitrogens with zero attached hydrogens (tertiary/aromatic N) is 1. The lowest BCUT2D eigenvalue weighted by atomic mass is 10.0. The summed E-state index contributed by atoms with van der Waals surface area (Å²) in [7, 11) is 0. The van der Waals surface area contributed by atoms with E-state index in [1.807, 2.05) is 0 Å². The number of carbonyl (C=O) groups excluding carboxylic acids is 7. The Morgan fingerprint density at radius 3 is 0.986 bits per heavy atom. The molecule has 0 spiro atoms. The van der Waals surface area contributed by atoms with Gasteiger partial charge in [0.1, 0.15) is 25.4 Å². The number of piperidine rings is 1. The molecule has 0 atom stereocenters. The molecule has 15 heteroatoms. The maximum Gasteiger partial charge on any atom is 0.305 e. The van der Waals surface area contributed by atoms with E-state index in [0.29, 0.717) is 26.2 Å². The number of hydrogen-bond acceptors (Lipinski definition) is 11. The van der Waals surface area contributed by atoms with Gasteiger partial charge in [-0.05, 0) is 64.5 Å². The van der Waals surface area contributed by atoms with Gasteiger partial charge in [-0.2, -0.15) is 0 Å². The molecule has 15 nitrogen and oxygen atoms in total. The summed E-state index contributed by atoms with van der Waals surface area (Å²) in [5.41, 5.74) is -1.63. The molecule has 418 valence electrons. The molecule has 0 unspecified atom stereocenters. The van der Waals surface area contributed by atoms with Crippen LogP contribution in [0.4, 0.5) is 0 Å². The smallest absolute Gasteiger partial charge is 0.305 e. The van der Waals surface area contributed by atoms with Crippen LogP contribution in [0.15, 0.2) is 0 Å². The highest BCUT2D eigenvalue weighted by Crippen LogP contribution is 2.16. The van der Waals surface area contributed by atoms with Gasteiger partial charge in [0.25, 0.3) is 0 Å². The Hall–Kier alpha value is -3.75. The molecule has 1 aliphatic rings. The fourth-order valence-corrected chi connectivity index (χ4v) is 8.81. The van der Waals surface area contributed by atoms with Crippen molar-refractivity contribution in [1.29, 1.82) is 0 Å². The van der Waals surface area contributed by atoms with Crippen molar-refractivity contribution in [3.8, 4) is 0 Å². The maximum atomic E-state index is 13.7. The van der Waals surface area contributed by atoms with Crippen molar-refractivity contribution in [3.05, 3.63) is 0 Å². The lowest BCUT2D eigenvalue weighted by molar-refractivity contribution is -0.159. The van der Waals surface area contributed by atoms with Crippen LogP contribution in [-0.2, 0) is 47.8 Å². The molecule has 0 aromatic heterocycles. The Kier molecular flexibility index (Phi) is 43.3. The van der Waals surface area contributed by atoms with Gasteiger partial charge in [-0.3, -0.25) is 33.6 Å². The zero-order chi connectivity index (χ0) is 52.6. The van der Waals surface area contributed by atoms with E-state index < -0.39 is 49.2 Å². The molecular formula is C57H105N5O10. The van der Waals surface area contributed by atoms with Crippen molar-refractivity contribution >= 4 is 41.5 Å². The summed E-state index contributed by atoms with van der Waals surface area (Å²) in [6.45, 7) is 9.28. The Bertz CT molecular complexity index is 1290. The van der Waals surface area contributed by atoms with Crippen LogP contribution in [0.5, 0.6) is 0 Å². The van der Waals surface area contributed by atoms with E-state index in [9.17, 15) is 33.6 Å². The normalized spacial score (nSPS) is 12.8. The highest BCUT2D eigenvalue weighted by molar-refractivity contribution is 5.79. The number of esters is 3. The highest BCUT2D eigenvalue weighted by Gasteiger charge is 2.38. The maximum absolute atomic E-state index is 13.7. The van der Waals surface area contributed by atoms with E-state index in [0.717, 1.165) is 90.1 Å². The van der Waals surface area contributed by atoms with Gasteiger partial charge in [0.15, 0.2) is 0 Å². The molecule has 4 amide bonds. The monoisotopic (exact) mass is 1020 g/mol. The first-order valence-electron chi connectivity index (χ1n) is 29.3. The third-order valence-electron chi connectivity index (χ3n) is 13.4. The molecule has 0 bridgehead atoms. The molecular weight excluding hydrogens is 915 g/mol. The zero-order valence-electron chi connectivity index (χ0n) is 46.1. The lowest BCUT2D eigenvalue weighted by Crippen LogP contribution is -2.59. The van der Waals surface area contributed by atoms with E-state index in [1.54, 1.807) is 0 Å². The summed E-state index contributed by atoms with van der Waals surface area (Å²) in [5, 5.41) is 11.7. The SMILES string of the molecule is CCCCCCCCCCNC(=O)CCCC(=O)OCC(COC(=O)CCCC(=O)NCCCCCCCCCC)(COC(=O)CCCC(=O)NCCCCCCCCCC)NC(=O)CCN1CCCCC1. The number of rotatable bonds is 49. The summed E-state index contributed by atoms with van der Waals surface area (Å²) in [5.74, 6) is -2.66. The van der Waals surface area contributed by atoms with Crippen LogP contribution in [0, 0.1) is 0 Å². The average molecular weight is 1020 g/mol. The minimum Gasteiger partial charge on any atom is -0.463 e. The number of carbonyl (C=O) groups is 7. The van der Waals surface area contributed by atoms with Crippen LogP contribution in [0.2, 0.25) is 0 Å². The number of hydrogen-bond donors (Lipinski definition) is 4. The van der Waals surface area contributed by atoms with E-state index in [-0.39, 0.29) is 81.9 Å². The van der Waals surface area contributed by atoms with Crippen molar-refractivity contribution in [1.82, 2.24) is 26.2 Å². The van der Waals surface area contributed by atoms with Crippen molar-refractivity contribution in [2.24, 2.45) is 0 Å². The summed E-state index contributed by atoms with van der Waals surface area (Å²) in [4.78, 5) is 93.1. The van der Waals surface area contributed by atoms with Gasteiger partial charge in [-0.15, -0.1) is 0 Å². The standard InChI is InChI=1S/C57H105N5O10/c1-4-7-10-13-16-19-22-26-41-58-50(63)34-31-37-54(67)70-47-57(61-53(66)40-46-62-44-29-25-30-45-62,48-71-55(68)38-32-35-51(64)59-42-27-23-20-17-14-11-8-5-2)49-72-56(69)39-33-36-52(65)60-43-28-24-21-18-15-12-9-6-3/h4-49H2,1-3H3,(H,58,63)(H,59,64)(H,60,65)(H,61,66). The summed E-state index contributed by atoms with van der Waals surface area (Å²) >= 11 is 0. The molecule has 0 aromatic carbocycles. The van der Waals surface area contributed by atoms with Crippen LogP contribution in [0.1, 0.15) is 258 Å². The second-order valence-corrected chi connectivity index (χ2v) is 20.5. The fraction of sp³-hybridized carbons (Fsp3) is 0.877. The van der Waals surface area contributed by atoms with E-state index >= 15 is 0 Å². The average Bonchev–Trinajstić information content (AvgIpc) is 3.37. The quantitative estimate of drug-likeness (QED) is 0.0257. The molecule has 1 saturated heterocycles. The molecule has 0 radical (unpaired) electrons. The Morgan fingerprint density at radius 2 is 0.667 bits per heavy atom. The van der Waals surface area contributed by atoms with Crippen LogP contribution in [0.25, 0.3) is 0 Å². The first-order valence-corrected chi connectivity index (χ1v) is 29.3. The number of likely N-dealkylation sites (tertiary alicyclic amines) is 1. The molecule has 0 aliphatic carbocycles. The minimum atomic E-state index is -1.63. The predicted octanol–water partition coefficient (Wildman–Crippen LogP) is 10.6. The number of ether oxygens (including phenoxy) is 3. The number of unbranched alkanes of at least 4 members (excludes halogenated alkanes) is 21. The summed E-state index contributed by atoms with van der Waals surface area (Å²) < 4.78 is 17.2. The van der Waals surface area contributed by atoms with Crippen LogP contribution in [0.3, 0.4) is 0 Å². The Balaban J connectivity index is 2.88. The van der Waals surface area contributed by atoms with Gasteiger partial charge in [-0.1, -0.05) is 162 Å². The van der Waals surface area contributed by atoms with Gasteiger partial charge in [0.05, 0.1) is 0 Å². The Labute approximate surface area is 437 Å². The minimum absolute atomic E-state index is 0.0635. The molecule has 1 aliphatic heterocycles. The number of amides is 4. The van der Waals surface area contributed by atoms with Gasteiger partial charge in [0.2, 0.25) is 23.6 Å². The molecule has 4 N–H and O–H groups in total. The molecule has 1 rings (SSSR count). The van der Waals surface area contributed by atoms with Gasteiger partial charge < -0.3 is 40.4 Å². The first kappa shape index (κ1) is 66.3. The molecule has 0 saturated carbocycles. The van der Waals surface area contributed by atoms with Crippen LogP contribution < -0.4 is 21.3 Å². The first-order chi connectivity index (χ1) is 35.0. The van der Waals surface area contributed by atoms with Crippen LogP contribution in [-0.4, -0.2) is 111 Å². The topological polar surface area (TPSA) is 199 Å². The van der Waals surface area contributed by atoms with Gasteiger partial charge >= 0.3 is 17.9 Å². The van der Waals surface area contributed by atoms with E-state index in [2.05, 4.69) is 46.9 Å². The third kappa shape index (κ3) is 40.7. The van der Waals surface area contributed by atoms with Crippen molar-refractivity contribution in [2.45, 2.75) is 264 Å².